The van der Waals surface area contributed by atoms with Crippen molar-refractivity contribution < 1.29 is 8.42 Å². The molecule has 1 aliphatic carbocycles. The van der Waals surface area contributed by atoms with Gasteiger partial charge in [-0.15, -0.1) is 0 Å². The molecule has 0 bridgehead atoms. The normalized spacial score (nSPS) is 17.7. The van der Waals surface area contributed by atoms with Gasteiger partial charge in [0.1, 0.15) is 4.90 Å². The van der Waals surface area contributed by atoms with Gasteiger partial charge in [0.2, 0.25) is 10.0 Å². The molecule has 0 atom stereocenters. The van der Waals surface area contributed by atoms with Crippen molar-refractivity contribution in [2.45, 2.75) is 31.2 Å². The van der Waals surface area contributed by atoms with Crippen LogP contribution in [0.1, 0.15) is 25.3 Å². The van der Waals surface area contributed by atoms with Gasteiger partial charge in [-0.05, 0) is 36.0 Å². The van der Waals surface area contributed by atoms with Crippen LogP contribution in [0.15, 0.2) is 23.1 Å². The van der Waals surface area contributed by atoms with Gasteiger partial charge in [0.05, 0.1) is 5.02 Å². The van der Waals surface area contributed by atoms with Gasteiger partial charge < -0.3 is 5.73 Å². The fraction of sp³-hybridized carbons (Fsp3) is 0.500. The van der Waals surface area contributed by atoms with Crippen LogP contribution in [0.2, 0.25) is 5.02 Å². The third kappa shape index (κ3) is 3.03. The van der Waals surface area contributed by atoms with Gasteiger partial charge in [-0.2, -0.15) is 0 Å². The molecule has 0 spiro atoms. The van der Waals surface area contributed by atoms with E-state index in [0.717, 1.165) is 18.4 Å². The number of rotatable bonds is 5. The Labute approximate surface area is 113 Å². The van der Waals surface area contributed by atoms with E-state index in [0.29, 0.717) is 6.54 Å². The van der Waals surface area contributed by atoms with Gasteiger partial charge >= 0.3 is 0 Å². The minimum atomic E-state index is -3.55. The molecule has 1 fully saturated rings. The van der Waals surface area contributed by atoms with Gasteiger partial charge in [0.15, 0.2) is 0 Å². The Kier molecular flexibility index (Phi) is 3.69. The van der Waals surface area contributed by atoms with Crippen LogP contribution in [-0.4, -0.2) is 15.0 Å². The molecule has 0 radical (unpaired) electrons. The summed E-state index contributed by atoms with van der Waals surface area (Å²) in [5.74, 6) is 0. The maximum atomic E-state index is 12.2. The zero-order valence-electron chi connectivity index (χ0n) is 10.2. The highest BCUT2D eigenvalue weighted by atomic mass is 35.5. The van der Waals surface area contributed by atoms with E-state index < -0.39 is 10.0 Å². The van der Waals surface area contributed by atoms with E-state index >= 15 is 0 Å². The second kappa shape index (κ2) is 4.81. The van der Waals surface area contributed by atoms with E-state index in [-0.39, 0.29) is 21.9 Å². The lowest BCUT2D eigenvalue weighted by Crippen LogP contribution is -2.29. The highest BCUT2D eigenvalue weighted by Crippen LogP contribution is 2.44. The molecule has 0 aromatic heterocycles. The molecule has 4 nitrogen and oxygen atoms in total. The molecule has 1 aromatic carbocycles. The van der Waals surface area contributed by atoms with E-state index in [9.17, 15) is 8.42 Å². The van der Waals surface area contributed by atoms with Crippen LogP contribution in [0, 0.1) is 5.41 Å². The summed E-state index contributed by atoms with van der Waals surface area (Å²) < 4.78 is 26.9. The molecule has 0 aliphatic heterocycles. The minimum Gasteiger partial charge on any atom is -0.326 e. The highest BCUT2D eigenvalue weighted by Gasteiger charge is 2.38. The molecule has 1 saturated carbocycles. The van der Waals surface area contributed by atoms with Gasteiger partial charge in [-0.3, -0.25) is 0 Å². The summed E-state index contributed by atoms with van der Waals surface area (Å²) in [6, 6.07) is 4.82. The molecule has 6 heteroatoms. The standard InChI is InChI=1S/C12H17ClN2O2S/c1-12(4-5-12)8-15-18(16,17)11-6-9(7-14)2-3-10(11)13/h2-3,6,15H,4-5,7-8,14H2,1H3. The Hall–Kier alpha value is -0.620. The zero-order chi connectivity index (χ0) is 13.4. The summed E-state index contributed by atoms with van der Waals surface area (Å²) in [5, 5.41) is 0.223. The first-order valence-electron chi connectivity index (χ1n) is 5.84. The lowest BCUT2D eigenvalue weighted by molar-refractivity contribution is 0.530. The van der Waals surface area contributed by atoms with Crippen LogP contribution in [0.5, 0.6) is 0 Å². The van der Waals surface area contributed by atoms with Crippen LogP contribution in [0.4, 0.5) is 0 Å². The molecule has 1 aliphatic rings. The topological polar surface area (TPSA) is 72.2 Å². The predicted octanol–water partition coefficient (Wildman–Crippen LogP) is 1.88. The van der Waals surface area contributed by atoms with E-state index in [1.54, 1.807) is 12.1 Å². The largest absolute Gasteiger partial charge is 0.326 e. The van der Waals surface area contributed by atoms with E-state index in [2.05, 4.69) is 11.6 Å². The fourth-order valence-corrected chi connectivity index (χ4v) is 3.37. The highest BCUT2D eigenvalue weighted by molar-refractivity contribution is 7.89. The van der Waals surface area contributed by atoms with E-state index in [1.807, 2.05) is 0 Å². The van der Waals surface area contributed by atoms with Gasteiger partial charge in [-0.25, -0.2) is 13.1 Å². The van der Waals surface area contributed by atoms with Crippen molar-refractivity contribution in [3.05, 3.63) is 28.8 Å². The first-order chi connectivity index (χ1) is 8.36. The average molecular weight is 289 g/mol. The zero-order valence-corrected chi connectivity index (χ0v) is 11.8. The minimum absolute atomic E-state index is 0.108. The van der Waals surface area contributed by atoms with E-state index in [4.69, 9.17) is 17.3 Å². The Morgan fingerprint density at radius 3 is 2.67 bits per heavy atom. The molecular formula is C12H17ClN2O2S. The SMILES string of the molecule is CC1(CNS(=O)(=O)c2cc(CN)ccc2Cl)CC1. The molecule has 3 N–H and O–H groups in total. The van der Waals surface area contributed by atoms with Crippen LogP contribution in [-0.2, 0) is 16.6 Å². The maximum absolute atomic E-state index is 12.2. The second-order valence-electron chi connectivity index (χ2n) is 5.10. The quantitative estimate of drug-likeness (QED) is 0.869. The Morgan fingerprint density at radius 2 is 2.11 bits per heavy atom. The third-order valence-corrected chi connectivity index (χ3v) is 5.20. The summed E-state index contributed by atoms with van der Waals surface area (Å²) in [5.41, 5.74) is 6.37. The Balaban J connectivity index is 2.22. The number of hydrogen-bond acceptors (Lipinski definition) is 3. The van der Waals surface area contributed by atoms with Gasteiger partial charge in [-0.1, -0.05) is 24.6 Å². The molecule has 0 amide bonds. The lowest BCUT2D eigenvalue weighted by atomic mass is 10.2. The molecule has 2 rings (SSSR count). The molecule has 0 heterocycles. The van der Waals surface area contributed by atoms with Crippen LogP contribution in [0.25, 0.3) is 0 Å². The number of nitrogens with one attached hydrogen (secondary N) is 1. The van der Waals surface area contributed by atoms with E-state index in [1.165, 1.54) is 6.07 Å². The molecule has 100 valence electrons. The summed E-state index contributed by atoms with van der Waals surface area (Å²) in [7, 11) is -3.55. The summed E-state index contributed by atoms with van der Waals surface area (Å²) >= 11 is 5.94. The maximum Gasteiger partial charge on any atom is 0.242 e. The fourth-order valence-electron chi connectivity index (χ4n) is 1.62. The summed E-state index contributed by atoms with van der Waals surface area (Å²) in [6.45, 7) is 2.81. The van der Waals surface area contributed by atoms with Crippen LogP contribution < -0.4 is 10.5 Å². The Bertz CT molecular complexity index is 553. The molecule has 1 aromatic rings. The summed E-state index contributed by atoms with van der Waals surface area (Å²) in [4.78, 5) is 0.108. The number of benzene rings is 1. The van der Waals surface area contributed by atoms with Crippen molar-refractivity contribution >= 4 is 21.6 Å². The first-order valence-corrected chi connectivity index (χ1v) is 7.71. The van der Waals surface area contributed by atoms with Crippen molar-refractivity contribution in [3.8, 4) is 0 Å². The average Bonchev–Trinajstić information content (AvgIpc) is 3.06. The molecule has 0 saturated heterocycles. The van der Waals surface area contributed by atoms with Crippen molar-refractivity contribution in [1.29, 1.82) is 0 Å². The Morgan fingerprint density at radius 1 is 1.44 bits per heavy atom. The van der Waals surface area contributed by atoms with Crippen molar-refractivity contribution in [3.63, 3.8) is 0 Å². The molecule has 0 unspecified atom stereocenters. The smallest absolute Gasteiger partial charge is 0.242 e. The number of halogens is 1. The lowest BCUT2D eigenvalue weighted by Gasteiger charge is -2.12. The van der Waals surface area contributed by atoms with Crippen molar-refractivity contribution in [2.75, 3.05) is 6.54 Å². The molecular weight excluding hydrogens is 272 g/mol. The van der Waals surface area contributed by atoms with Crippen molar-refractivity contribution in [1.82, 2.24) is 4.72 Å². The summed E-state index contributed by atoms with van der Waals surface area (Å²) in [6.07, 6.45) is 2.12. The number of hydrogen-bond donors (Lipinski definition) is 2. The van der Waals surface area contributed by atoms with Gasteiger partial charge in [0.25, 0.3) is 0 Å². The molecule has 18 heavy (non-hydrogen) atoms. The number of nitrogens with two attached hydrogens (primary N) is 1. The van der Waals surface area contributed by atoms with Crippen molar-refractivity contribution in [2.24, 2.45) is 11.1 Å². The van der Waals surface area contributed by atoms with Crippen LogP contribution in [0.3, 0.4) is 0 Å². The first kappa shape index (κ1) is 13.8. The predicted molar refractivity (Wildman–Crippen MR) is 71.9 cm³/mol. The number of sulfonamides is 1. The second-order valence-corrected chi connectivity index (χ2v) is 7.25. The van der Waals surface area contributed by atoms with Crippen LogP contribution >= 0.6 is 11.6 Å². The third-order valence-electron chi connectivity index (χ3n) is 3.31. The monoisotopic (exact) mass is 288 g/mol. The van der Waals surface area contributed by atoms with Gasteiger partial charge in [0, 0.05) is 13.1 Å².